The van der Waals surface area contributed by atoms with Gasteiger partial charge in [-0.1, -0.05) is 6.92 Å². The SMILES string of the molecule is CCSc1cccnc1.NNC=O. The number of rotatable bonds is 3. The lowest BCUT2D eigenvalue weighted by Gasteiger charge is -1.92. The average Bonchev–Trinajstić information content (AvgIpc) is 2.20. The zero-order chi connectivity index (χ0) is 9.94. The van der Waals surface area contributed by atoms with Crippen LogP contribution in [0.5, 0.6) is 0 Å². The largest absolute Gasteiger partial charge is 0.297 e. The molecule has 0 atom stereocenters. The molecule has 5 heteroatoms. The van der Waals surface area contributed by atoms with Crippen molar-refractivity contribution in [1.29, 1.82) is 0 Å². The molecule has 1 rings (SSSR count). The van der Waals surface area contributed by atoms with Gasteiger partial charge in [-0.15, -0.1) is 11.8 Å². The van der Waals surface area contributed by atoms with Gasteiger partial charge in [-0.25, -0.2) is 5.84 Å². The maximum absolute atomic E-state index is 8.94. The van der Waals surface area contributed by atoms with Gasteiger partial charge in [-0.05, 0) is 17.9 Å². The third-order valence-corrected chi connectivity index (χ3v) is 1.88. The van der Waals surface area contributed by atoms with E-state index in [-0.39, 0.29) is 0 Å². The zero-order valence-electron chi connectivity index (χ0n) is 7.43. The molecule has 3 N–H and O–H groups in total. The lowest BCUT2D eigenvalue weighted by Crippen LogP contribution is -2.18. The molecule has 4 nitrogen and oxygen atoms in total. The summed E-state index contributed by atoms with van der Waals surface area (Å²) in [7, 11) is 0. The van der Waals surface area contributed by atoms with Crippen molar-refractivity contribution in [3.63, 3.8) is 0 Å². The Morgan fingerprint density at radius 3 is 2.85 bits per heavy atom. The van der Waals surface area contributed by atoms with Crippen molar-refractivity contribution in [3.8, 4) is 0 Å². The average molecular weight is 199 g/mol. The van der Waals surface area contributed by atoms with Crippen LogP contribution in [0.15, 0.2) is 29.4 Å². The summed E-state index contributed by atoms with van der Waals surface area (Å²) in [6.07, 6.45) is 4.08. The molecule has 0 fully saturated rings. The van der Waals surface area contributed by atoms with Gasteiger partial charge in [0.2, 0.25) is 6.41 Å². The third-order valence-electron chi connectivity index (χ3n) is 1.01. The monoisotopic (exact) mass is 199 g/mol. The molecule has 0 aliphatic carbocycles. The van der Waals surface area contributed by atoms with Crippen molar-refractivity contribution >= 4 is 18.2 Å². The van der Waals surface area contributed by atoms with E-state index in [1.54, 1.807) is 11.6 Å². The fraction of sp³-hybridized carbons (Fsp3) is 0.250. The van der Waals surface area contributed by atoms with Crippen LogP contribution in [0.2, 0.25) is 0 Å². The number of thioether (sulfide) groups is 1. The van der Waals surface area contributed by atoms with Crippen molar-refractivity contribution in [3.05, 3.63) is 24.5 Å². The highest BCUT2D eigenvalue weighted by Gasteiger charge is 1.85. The van der Waals surface area contributed by atoms with Gasteiger partial charge in [0.25, 0.3) is 0 Å². The second kappa shape index (κ2) is 9.02. The van der Waals surface area contributed by atoms with Crippen LogP contribution in [0.1, 0.15) is 6.92 Å². The highest BCUT2D eigenvalue weighted by molar-refractivity contribution is 7.99. The topological polar surface area (TPSA) is 68.0 Å². The predicted octanol–water partition coefficient (Wildman–Crippen LogP) is 0.800. The smallest absolute Gasteiger partial charge is 0.221 e. The molecule has 0 aliphatic heterocycles. The first kappa shape index (κ1) is 11.9. The van der Waals surface area contributed by atoms with Crippen LogP contribution in [-0.4, -0.2) is 17.1 Å². The number of pyridine rings is 1. The number of nitrogens with two attached hydrogens (primary N) is 1. The standard InChI is InChI=1S/C7H9NS.CH4N2O/c1-2-9-7-4-3-5-8-6-7;2-3-1-4/h3-6H,2H2,1H3;1H,2H2,(H,3,4). The van der Waals surface area contributed by atoms with Gasteiger partial charge in [0.15, 0.2) is 0 Å². The Morgan fingerprint density at radius 2 is 2.46 bits per heavy atom. The molecule has 0 saturated carbocycles. The Labute approximate surface area is 81.9 Å². The number of hydrogen-bond donors (Lipinski definition) is 2. The number of aromatic nitrogens is 1. The second-order valence-electron chi connectivity index (χ2n) is 1.91. The molecular weight excluding hydrogens is 186 g/mol. The van der Waals surface area contributed by atoms with E-state index in [0.29, 0.717) is 6.41 Å². The molecule has 1 heterocycles. The number of carbonyl (C=O) groups is 1. The summed E-state index contributed by atoms with van der Waals surface area (Å²) in [5, 5.41) is 0. The van der Waals surface area contributed by atoms with E-state index in [4.69, 9.17) is 4.79 Å². The van der Waals surface area contributed by atoms with Crippen LogP contribution in [0, 0.1) is 0 Å². The van der Waals surface area contributed by atoms with Crippen molar-refractivity contribution in [2.45, 2.75) is 11.8 Å². The first-order valence-corrected chi connectivity index (χ1v) is 4.76. The van der Waals surface area contributed by atoms with Crippen LogP contribution in [0.4, 0.5) is 0 Å². The molecule has 0 unspecified atom stereocenters. The third kappa shape index (κ3) is 7.30. The minimum Gasteiger partial charge on any atom is -0.297 e. The Kier molecular flexibility index (Phi) is 8.28. The molecule has 0 spiro atoms. The number of carbonyl (C=O) groups excluding carboxylic acids is 1. The van der Waals surface area contributed by atoms with Gasteiger partial charge in [0, 0.05) is 17.3 Å². The van der Waals surface area contributed by atoms with Gasteiger partial charge < -0.3 is 0 Å². The molecule has 0 radical (unpaired) electrons. The Hall–Kier alpha value is -1.07. The lowest BCUT2D eigenvalue weighted by molar-refractivity contribution is -0.109. The first-order valence-electron chi connectivity index (χ1n) is 3.77. The van der Waals surface area contributed by atoms with E-state index in [1.807, 2.05) is 24.0 Å². The Morgan fingerprint density at radius 1 is 1.77 bits per heavy atom. The van der Waals surface area contributed by atoms with Gasteiger partial charge in [0.1, 0.15) is 0 Å². The number of nitrogens with one attached hydrogen (secondary N) is 1. The van der Waals surface area contributed by atoms with E-state index in [2.05, 4.69) is 23.8 Å². The molecule has 1 amide bonds. The fourth-order valence-electron chi connectivity index (χ4n) is 0.599. The van der Waals surface area contributed by atoms with E-state index >= 15 is 0 Å². The number of hydrogen-bond acceptors (Lipinski definition) is 4. The molecule has 0 bridgehead atoms. The normalized spacial score (nSPS) is 8.15. The minimum absolute atomic E-state index is 0.403. The molecular formula is C8H13N3OS. The number of hydrazine groups is 1. The van der Waals surface area contributed by atoms with Crippen molar-refractivity contribution in [2.24, 2.45) is 5.84 Å². The van der Waals surface area contributed by atoms with Gasteiger partial charge in [-0.2, -0.15) is 0 Å². The maximum atomic E-state index is 8.94. The van der Waals surface area contributed by atoms with E-state index in [0.717, 1.165) is 5.75 Å². The van der Waals surface area contributed by atoms with Gasteiger partial charge >= 0.3 is 0 Å². The van der Waals surface area contributed by atoms with Crippen LogP contribution in [0.3, 0.4) is 0 Å². The Balaban J connectivity index is 0.000000310. The zero-order valence-corrected chi connectivity index (χ0v) is 8.25. The second-order valence-corrected chi connectivity index (χ2v) is 3.24. The lowest BCUT2D eigenvalue weighted by atomic mass is 10.5. The summed E-state index contributed by atoms with van der Waals surface area (Å²) in [6, 6.07) is 4.03. The molecule has 1 aromatic rings. The van der Waals surface area contributed by atoms with E-state index in [1.165, 1.54) is 4.90 Å². The van der Waals surface area contributed by atoms with Crippen molar-refractivity contribution in [2.75, 3.05) is 5.75 Å². The van der Waals surface area contributed by atoms with Gasteiger partial charge in [-0.3, -0.25) is 15.2 Å². The number of amides is 1. The first-order chi connectivity index (χ1) is 6.35. The van der Waals surface area contributed by atoms with E-state index in [9.17, 15) is 0 Å². The summed E-state index contributed by atoms with van der Waals surface area (Å²) in [4.78, 5) is 14.2. The molecule has 0 aliphatic rings. The summed E-state index contributed by atoms with van der Waals surface area (Å²) >= 11 is 1.81. The molecule has 13 heavy (non-hydrogen) atoms. The maximum Gasteiger partial charge on any atom is 0.221 e. The van der Waals surface area contributed by atoms with E-state index < -0.39 is 0 Å². The van der Waals surface area contributed by atoms with Crippen molar-refractivity contribution in [1.82, 2.24) is 10.4 Å². The predicted molar refractivity (Wildman–Crippen MR) is 54.0 cm³/mol. The molecule has 1 aromatic heterocycles. The number of nitrogens with zero attached hydrogens (tertiary/aromatic N) is 1. The van der Waals surface area contributed by atoms with Crippen LogP contribution < -0.4 is 11.3 Å². The molecule has 72 valence electrons. The van der Waals surface area contributed by atoms with Crippen molar-refractivity contribution < 1.29 is 4.79 Å². The molecule has 0 aromatic carbocycles. The molecule has 0 saturated heterocycles. The van der Waals surface area contributed by atoms with Crippen LogP contribution in [0.25, 0.3) is 0 Å². The fourth-order valence-corrected chi connectivity index (χ4v) is 1.24. The minimum atomic E-state index is 0.403. The summed E-state index contributed by atoms with van der Waals surface area (Å²) in [5.74, 6) is 5.53. The summed E-state index contributed by atoms with van der Waals surface area (Å²) in [6.45, 7) is 2.14. The quantitative estimate of drug-likeness (QED) is 0.248. The van der Waals surface area contributed by atoms with Crippen LogP contribution in [-0.2, 0) is 4.79 Å². The highest BCUT2D eigenvalue weighted by Crippen LogP contribution is 2.13. The highest BCUT2D eigenvalue weighted by atomic mass is 32.2. The van der Waals surface area contributed by atoms with Gasteiger partial charge in [0.05, 0.1) is 0 Å². The van der Waals surface area contributed by atoms with Crippen LogP contribution >= 0.6 is 11.8 Å². The summed E-state index contributed by atoms with van der Waals surface area (Å²) in [5.41, 5.74) is 1.75. The summed E-state index contributed by atoms with van der Waals surface area (Å²) < 4.78 is 0. The Bertz CT molecular complexity index is 218.